The van der Waals surface area contributed by atoms with Crippen molar-refractivity contribution < 1.29 is 4.39 Å². The van der Waals surface area contributed by atoms with E-state index in [1.54, 1.807) is 17.4 Å². The van der Waals surface area contributed by atoms with Crippen LogP contribution in [0, 0.1) is 5.82 Å². The van der Waals surface area contributed by atoms with Gasteiger partial charge in [-0.15, -0.1) is 11.3 Å². The van der Waals surface area contributed by atoms with Crippen LogP contribution in [-0.2, 0) is 0 Å². The van der Waals surface area contributed by atoms with E-state index in [9.17, 15) is 4.39 Å². The normalized spacial score (nSPS) is 12.8. The van der Waals surface area contributed by atoms with Crippen molar-refractivity contribution in [3.8, 4) is 0 Å². The second-order valence-corrected chi connectivity index (χ2v) is 6.87. The summed E-state index contributed by atoms with van der Waals surface area (Å²) in [6.45, 7) is 0. The summed E-state index contributed by atoms with van der Waals surface area (Å²) in [7, 11) is 0. The van der Waals surface area contributed by atoms with Crippen molar-refractivity contribution in [2.24, 2.45) is 0 Å². The summed E-state index contributed by atoms with van der Waals surface area (Å²) in [5, 5.41) is 3.26. The van der Waals surface area contributed by atoms with Crippen LogP contribution in [0.4, 0.5) is 4.39 Å². The monoisotopic (exact) mass is 398 g/mol. The van der Waals surface area contributed by atoms with Crippen LogP contribution >= 0.6 is 43.2 Å². The molecule has 0 aliphatic rings. The Morgan fingerprint density at radius 2 is 1.84 bits per heavy atom. The summed E-state index contributed by atoms with van der Waals surface area (Å²) in [5.41, 5.74) is 1.75. The molecule has 1 aromatic heterocycles. The predicted octanol–water partition coefficient (Wildman–Crippen LogP) is 6.29. The Hall–Kier alpha value is -0.710. The summed E-state index contributed by atoms with van der Waals surface area (Å²) < 4.78 is 16.0. The molecule has 4 heteroatoms. The fourth-order valence-electron chi connectivity index (χ4n) is 2.10. The predicted molar refractivity (Wildman–Crippen MR) is 86.7 cm³/mol. The van der Waals surface area contributed by atoms with E-state index in [0.717, 1.165) is 10.0 Å². The number of hydrogen-bond donors (Lipinski definition) is 0. The van der Waals surface area contributed by atoms with E-state index >= 15 is 0 Å². The van der Waals surface area contributed by atoms with Crippen LogP contribution in [0.3, 0.4) is 0 Å². The summed E-state index contributed by atoms with van der Waals surface area (Å²) in [4.78, 5) is -0.153. The zero-order chi connectivity index (χ0) is 13.4. The number of rotatable bonds is 2. The maximum Gasteiger partial charge on any atom is 0.129 e. The molecule has 3 aromatic rings. The van der Waals surface area contributed by atoms with Gasteiger partial charge >= 0.3 is 0 Å². The summed E-state index contributed by atoms with van der Waals surface area (Å²) in [6, 6.07) is 13.2. The van der Waals surface area contributed by atoms with Crippen LogP contribution < -0.4 is 0 Å². The van der Waals surface area contributed by atoms with Gasteiger partial charge in [-0.3, -0.25) is 0 Å². The summed E-state index contributed by atoms with van der Waals surface area (Å²) >= 11 is 8.74. The van der Waals surface area contributed by atoms with Gasteiger partial charge in [-0.05, 0) is 34.5 Å². The van der Waals surface area contributed by atoms with Gasteiger partial charge in [-0.1, -0.05) is 56.1 Å². The van der Waals surface area contributed by atoms with Gasteiger partial charge in [0.05, 0.1) is 4.83 Å². The number of hydrogen-bond acceptors (Lipinski definition) is 1. The lowest BCUT2D eigenvalue weighted by molar-refractivity contribution is 0.612. The van der Waals surface area contributed by atoms with Gasteiger partial charge < -0.3 is 0 Å². The fourth-order valence-corrected chi connectivity index (χ4v) is 4.99. The number of fused-ring (bicyclic) bond motifs is 1. The smallest absolute Gasteiger partial charge is 0.129 e. The van der Waals surface area contributed by atoms with E-state index in [1.165, 1.54) is 16.2 Å². The average Bonchev–Trinajstić information content (AvgIpc) is 2.82. The van der Waals surface area contributed by atoms with Gasteiger partial charge in [0, 0.05) is 14.7 Å². The van der Waals surface area contributed by atoms with Crippen LogP contribution in [0.1, 0.15) is 16.0 Å². The molecule has 0 bridgehead atoms. The third-order valence-corrected chi connectivity index (χ3v) is 5.66. The first-order valence-corrected chi connectivity index (χ1v) is 8.31. The molecule has 0 fully saturated rings. The Morgan fingerprint density at radius 3 is 2.63 bits per heavy atom. The zero-order valence-corrected chi connectivity index (χ0v) is 13.7. The second-order valence-electron chi connectivity index (χ2n) is 4.19. The highest BCUT2D eigenvalue weighted by Crippen LogP contribution is 2.41. The van der Waals surface area contributed by atoms with Crippen molar-refractivity contribution in [2.75, 3.05) is 0 Å². The van der Waals surface area contributed by atoms with E-state index in [0.29, 0.717) is 5.56 Å². The second kappa shape index (κ2) is 5.35. The third-order valence-electron chi connectivity index (χ3n) is 3.04. The van der Waals surface area contributed by atoms with E-state index in [2.05, 4.69) is 49.4 Å². The van der Waals surface area contributed by atoms with E-state index < -0.39 is 0 Å². The molecule has 0 saturated carbocycles. The molecular weight excluding hydrogens is 391 g/mol. The molecule has 96 valence electrons. The number of alkyl halides is 1. The Labute approximate surface area is 131 Å². The molecule has 0 aliphatic carbocycles. The highest BCUT2D eigenvalue weighted by atomic mass is 79.9. The summed E-state index contributed by atoms with van der Waals surface area (Å²) in [5.74, 6) is -0.202. The fraction of sp³-hybridized carbons (Fsp3) is 0.0667. The molecular formula is C15H9Br2FS. The first kappa shape index (κ1) is 13.3. The van der Waals surface area contributed by atoms with Crippen LogP contribution in [0.15, 0.2) is 52.3 Å². The van der Waals surface area contributed by atoms with E-state index in [4.69, 9.17) is 0 Å². The number of benzene rings is 2. The molecule has 0 radical (unpaired) electrons. The van der Waals surface area contributed by atoms with Crippen molar-refractivity contribution in [3.63, 3.8) is 0 Å². The minimum absolute atomic E-state index is 0.153. The lowest BCUT2D eigenvalue weighted by Gasteiger charge is -2.13. The zero-order valence-electron chi connectivity index (χ0n) is 9.74. The topological polar surface area (TPSA) is 0 Å². The molecule has 1 unspecified atom stereocenters. The first-order chi connectivity index (χ1) is 9.18. The lowest BCUT2D eigenvalue weighted by Crippen LogP contribution is -1.97. The van der Waals surface area contributed by atoms with E-state index in [1.807, 2.05) is 18.2 Å². The highest BCUT2D eigenvalue weighted by Gasteiger charge is 2.20. The minimum Gasteiger partial charge on any atom is -0.207 e. The van der Waals surface area contributed by atoms with Crippen LogP contribution in [0.5, 0.6) is 0 Å². The van der Waals surface area contributed by atoms with Crippen molar-refractivity contribution >= 4 is 53.3 Å². The molecule has 0 nitrogen and oxygen atoms in total. The lowest BCUT2D eigenvalue weighted by atomic mass is 10.0. The molecule has 19 heavy (non-hydrogen) atoms. The first-order valence-electron chi connectivity index (χ1n) is 5.72. The third kappa shape index (κ3) is 2.37. The Kier molecular flexibility index (Phi) is 3.74. The van der Waals surface area contributed by atoms with Crippen molar-refractivity contribution in [2.45, 2.75) is 4.83 Å². The van der Waals surface area contributed by atoms with Gasteiger partial charge in [0.2, 0.25) is 0 Å². The molecule has 0 aliphatic heterocycles. The molecule has 1 atom stereocenters. The van der Waals surface area contributed by atoms with Crippen molar-refractivity contribution in [1.29, 1.82) is 0 Å². The van der Waals surface area contributed by atoms with Gasteiger partial charge in [0.15, 0.2) is 0 Å². The highest BCUT2D eigenvalue weighted by molar-refractivity contribution is 9.11. The number of thiophene rings is 1. The molecule has 3 rings (SSSR count). The number of halogens is 3. The molecule has 0 N–H and O–H groups in total. The molecule has 2 aromatic carbocycles. The SMILES string of the molecule is Fc1cccc(Br)c1C(Br)c1csc2ccccc12. The minimum atomic E-state index is -0.202. The van der Waals surface area contributed by atoms with Crippen molar-refractivity contribution in [3.05, 3.63) is 69.3 Å². The molecule has 1 heterocycles. The molecule has 0 saturated heterocycles. The summed E-state index contributed by atoms with van der Waals surface area (Å²) in [6.07, 6.45) is 0. The average molecular weight is 400 g/mol. The van der Waals surface area contributed by atoms with Gasteiger partial charge in [0.1, 0.15) is 5.82 Å². The Morgan fingerprint density at radius 1 is 1.05 bits per heavy atom. The van der Waals surface area contributed by atoms with Crippen molar-refractivity contribution in [1.82, 2.24) is 0 Å². The molecule has 0 amide bonds. The van der Waals surface area contributed by atoms with E-state index in [-0.39, 0.29) is 10.6 Å². The van der Waals surface area contributed by atoms with Crippen LogP contribution in [0.2, 0.25) is 0 Å². The molecule has 0 spiro atoms. The van der Waals surface area contributed by atoms with Crippen LogP contribution in [0.25, 0.3) is 10.1 Å². The Balaban J connectivity index is 2.16. The quantitative estimate of drug-likeness (QED) is 0.444. The van der Waals surface area contributed by atoms with Crippen LogP contribution in [-0.4, -0.2) is 0 Å². The van der Waals surface area contributed by atoms with Gasteiger partial charge in [0.25, 0.3) is 0 Å². The maximum absolute atomic E-state index is 14.0. The Bertz CT molecular complexity index is 716. The largest absolute Gasteiger partial charge is 0.207 e. The maximum atomic E-state index is 14.0. The van der Waals surface area contributed by atoms with Gasteiger partial charge in [-0.2, -0.15) is 0 Å². The standard InChI is InChI=1S/C15H9Br2FS/c16-11-5-3-6-12(18)14(11)15(17)10-8-19-13-7-2-1-4-9(10)13/h1-8,15H. The van der Waals surface area contributed by atoms with Gasteiger partial charge in [-0.25, -0.2) is 4.39 Å².